The number of aliphatic hydroxyl groups is 2. The number of hydrogen-bond acceptors (Lipinski definition) is 5. The van der Waals surface area contributed by atoms with Gasteiger partial charge in [0, 0.05) is 31.7 Å². The van der Waals surface area contributed by atoms with Gasteiger partial charge in [-0.25, -0.2) is 0 Å². The summed E-state index contributed by atoms with van der Waals surface area (Å²) in [6.45, 7) is 2.21. The van der Waals surface area contributed by atoms with Gasteiger partial charge in [-0.3, -0.25) is 4.79 Å². The van der Waals surface area contributed by atoms with Crippen LogP contribution in [0, 0.1) is 0 Å². The van der Waals surface area contributed by atoms with Gasteiger partial charge in [0.15, 0.2) is 0 Å². The predicted molar refractivity (Wildman–Crippen MR) is 111 cm³/mol. The van der Waals surface area contributed by atoms with Gasteiger partial charge in [0.2, 0.25) is 5.91 Å². The Morgan fingerprint density at radius 1 is 1.10 bits per heavy atom. The minimum Gasteiger partial charge on any atom is -0.491 e. The van der Waals surface area contributed by atoms with Gasteiger partial charge in [-0.1, -0.05) is 30.3 Å². The summed E-state index contributed by atoms with van der Waals surface area (Å²) in [6.07, 6.45) is 1.90. The Hall–Kier alpha value is -2.41. The van der Waals surface area contributed by atoms with Crippen LogP contribution in [0.1, 0.15) is 30.4 Å². The molecule has 0 aromatic heterocycles. The number of amides is 1. The van der Waals surface area contributed by atoms with Crippen LogP contribution in [0.5, 0.6) is 5.75 Å². The fourth-order valence-electron chi connectivity index (χ4n) is 4.14. The van der Waals surface area contributed by atoms with E-state index >= 15 is 0 Å². The molecule has 3 N–H and O–H groups in total. The molecule has 1 amide bonds. The van der Waals surface area contributed by atoms with Crippen LogP contribution in [0.15, 0.2) is 48.5 Å². The van der Waals surface area contributed by atoms with Gasteiger partial charge < -0.3 is 25.2 Å². The number of nitrogens with zero attached hydrogens (tertiary/aromatic N) is 1. The number of aliphatic hydroxyl groups excluding tert-OH is 1. The number of nitrogens with one attached hydrogen (secondary N) is 1. The molecule has 0 spiro atoms. The number of anilines is 1. The van der Waals surface area contributed by atoms with Gasteiger partial charge in [-0.05, 0) is 48.6 Å². The van der Waals surface area contributed by atoms with E-state index in [1.54, 1.807) is 0 Å². The molecule has 2 aliphatic rings. The van der Waals surface area contributed by atoms with Crippen molar-refractivity contribution in [2.45, 2.75) is 37.4 Å². The molecule has 2 aliphatic heterocycles. The highest BCUT2D eigenvalue weighted by molar-refractivity contribution is 5.93. The van der Waals surface area contributed by atoms with E-state index in [1.165, 1.54) is 0 Å². The van der Waals surface area contributed by atoms with E-state index in [0.29, 0.717) is 38.0 Å². The van der Waals surface area contributed by atoms with Crippen LogP contribution in [-0.4, -0.2) is 53.4 Å². The fourth-order valence-corrected chi connectivity index (χ4v) is 4.14. The van der Waals surface area contributed by atoms with E-state index in [9.17, 15) is 15.0 Å². The standard InChI is InChI=1S/C23H28N2O4/c26-19(16-29-20-7-8-21-17(14-20)6-9-22(27)24-21)15-25-12-10-23(28,11-13-25)18-4-2-1-3-5-18/h1-5,7-8,14,19,26,28H,6,9-13,15-16H2,(H,24,27)/t19-/m1/s1. The molecular weight excluding hydrogens is 368 g/mol. The first-order valence-corrected chi connectivity index (χ1v) is 10.3. The minimum absolute atomic E-state index is 0.0438. The molecular formula is C23H28N2O4. The van der Waals surface area contributed by atoms with Crippen molar-refractivity contribution in [3.63, 3.8) is 0 Å². The third kappa shape index (κ3) is 4.78. The van der Waals surface area contributed by atoms with E-state index in [2.05, 4.69) is 10.2 Å². The summed E-state index contributed by atoms with van der Waals surface area (Å²) in [5.41, 5.74) is 2.09. The average Bonchev–Trinajstić information content (AvgIpc) is 2.74. The Balaban J connectivity index is 1.25. The number of ether oxygens (including phenoxy) is 1. The smallest absolute Gasteiger partial charge is 0.224 e. The highest BCUT2D eigenvalue weighted by Gasteiger charge is 2.34. The lowest BCUT2D eigenvalue weighted by atomic mass is 9.84. The molecule has 1 atom stereocenters. The second-order valence-electron chi connectivity index (χ2n) is 8.03. The molecule has 6 heteroatoms. The summed E-state index contributed by atoms with van der Waals surface area (Å²) >= 11 is 0. The number of hydrogen-bond donors (Lipinski definition) is 3. The fraction of sp³-hybridized carbons (Fsp3) is 0.435. The Bertz CT molecular complexity index is 847. The zero-order valence-electron chi connectivity index (χ0n) is 16.5. The zero-order chi connectivity index (χ0) is 20.3. The number of fused-ring (bicyclic) bond motifs is 1. The monoisotopic (exact) mass is 396 g/mol. The number of carbonyl (C=O) groups is 1. The molecule has 4 rings (SSSR count). The van der Waals surface area contributed by atoms with Crippen molar-refractivity contribution in [3.8, 4) is 5.75 Å². The summed E-state index contributed by atoms with van der Waals surface area (Å²) in [7, 11) is 0. The number of β-amino-alcohol motifs (C(OH)–C–C–N with tert-alkyl or cyclic N) is 1. The number of likely N-dealkylation sites (tertiary alicyclic amines) is 1. The van der Waals surface area contributed by atoms with Crippen LogP contribution in [-0.2, 0) is 16.8 Å². The first kappa shape index (κ1) is 19.9. The highest BCUT2D eigenvalue weighted by atomic mass is 16.5. The normalized spacial score (nSPS) is 19.9. The van der Waals surface area contributed by atoms with E-state index in [1.807, 2.05) is 48.5 Å². The molecule has 154 valence electrons. The number of benzene rings is 2. The quantitative estimate of drug-likeness (QED) is 0.698. The van der Waals surface area contributed by atoms with Gasteiger partial charge in [0.25, 0.3) is 0 Å². The second-order valence-corrected chi connectivity index (χ2v) is 8.03. The van der Waals surface area contributed by atoms with Gasteiger partial charge in [-0.15, -0.1) is 0 Å². The number of aryl methyl sites for hydroxylation is 1. The molecule has 2 aromatic carbocycles. The van der Waals surface area contributed by atoms with Gasteiger partial charge in [0.1, 0.15) is 18.5 Å². The molecule has 0 saturated carbocycles. The summed E-state index contributed by atoms with van der Waals surface area (Å²) in [5.74, 6) is 0.748. The lowest BCUT2D eigenvalue weighted by Crippen LogP contribution is -2.46. The third-order valence-electron chi connectivity index (χ3n) is 5.88. The Morgan fingerprint density at radius 2 is 1.86 bits per heavy atom. The molecule has 0 bridgehead atoms. The van der Waals surface area contributed by atoms with E-state index in [4.69, 9.17) is 4.74 Å². The lowest BCUT2D eigenvalue weighted by Gasteiger charge is -2.39. The Morgan fingerprint density at radius 3 is 2.62 bits per heavy atom. The molecule has 1 fully saturated rings. The second kappa shape index (κ2) is 8.53. The summed E-state index contributed by atoms with van der Waals surface area (Å²) < 4.78 is 5.77. The third-order valence-corrected chi connectivity index (χ3v) is 5.88. The van der Waals surface area contributed by atoms with Crippen LogP contribution in [0.25, 0.3) is 0 Å². The molecule has 2 heterocycles. The van der Waals surface area contributed by atoms with Crippen molar-refractivity contribution in [3.05, 3.63) is 59.7 Å². The maximum absolute atomic E-state index is 11.4. The van der Waals surface area contributed by atoms with Gasteiger partial charge in [-0.2, -0.15) is 0 Å². The highest BCUT2D eigenvalue weighted by Crippen LogP contribution is 2.32. The van der Waals surface area contributed by atoms with E-state index in [0.717, 1.165) is 29.9 Å². The minimum atomic E-state index is -0.780. The van der Waals surface area contributed by atoms with Gasteiger partial charge >= 0.3 is 0 Å². The topological polar surface area (TPSA) is 82.0 Å². The maximum atomic E-state index is 11.4. The van der Waals surface area contributed by atoms with Crippen LogP contribution in [0.3, 0.4) is 0 Å². The number of rotatable bonds is 6. The summed E-state index contributed by atoms with van der Waals surface area (Å²) in [4.78, 5) is 13.6. The van der Waals surface area contributed by atoms with Crippen LogP contribution in [0.2, 0.25) is 0 Å². The molecule has 0 aliphatic carbocycles. The van der Waals surface area contributed by atoms with Gasteiger partial charge in [0.05, 0.1) is 5.60 Å². The van der Waals surface area contributed by atoms with E-state index in [-0.39, 0.29) is 12.5 Å². The molecule has 2 aromatic rings. The van der Waals surface area contributed by atoms with Crippen molar-refractivity contribution in [2.24, 2.45) is 0 Å². The first-order valence-electron chi connectivity index (χ1n) is 10.3. The average molecular weight is 396 g/mol. The van der Waals surface area contributed by atoms with Crippen molar-refractivity contribution in [1.29, 1.82) is 0 Å². The van der Waals surface area contributed by atoms with Crippen molar-refractivity contribution in [2.75, 3.05) is 31.6 Å². The van der Waals surface area contributed by atoms with Crippen molar-refractivity contribution >= 4 is 11.6 Å². The van der Waals surface area contributed by atoms with Crippen LogP contribution in [0.4, 0.5) is 5.69 Å². The molecule has 6 nitrogen and oxygen atoms in total. The predicted octanol–water partition coefficient (Wildman–Crippen LogP) is 2.29. The largest absolute Gasteiger partial charge is 0.491 e. The van der Waals surface area contributed by atoms with Crippen molar-refractivity contribution in [1.82, 2.24) is 4.90 Å². The zero-order valence-corrected chi connectivity index (χ0v) is 16.5. The molecule has 1 saturated heterocycles. The SMILES string of the molecule is O=C1CCc2cc(OC[C@H](O)CN3CCC(O)(c4ccccc4)CC3)ccc2N1. The van der Waals surface area contributed by atoms with Crippen molar-refractivity contribution < 1.29 is 19.7 Å². The number of piperidine rings is 1. The Labute approximate surface area is 171 Å². The van der Waals surface area contributed by atoms with Crippen LogP contribution < -0.4 is 10.1 Å². The molecule has 29 heavy (non-hydrogen) atoms. The lowest BCUT2D eigenvalue weighted by molar-refractivity contribution is -0.116. The van der Waals surface area contributed by atoms with Crippen LogP contribution >= 0.6 is 0 Å². The molecule has 0 unspecified atom stereocenters. The Kier molecular flexibility index (Phi) is 5.85. The van der Waals surface area contributed by atoms with E-state index < -0.39 is 11.7 Å². The number of carbonyl (C=O) groups excluding carboxylic acids is 1. The summed E-state index contributed by atoms with van der Waals surface area (Å²) in [6, 6.07) is 15.4. The maximum Gasteiger partial charge on any atom is 0.224 e. The molecule has 0 radical (unpaired) electrons. The summed E-state index contributed by atoms with van der Waals surface area (Å²) in [5, 5.41) is 24.2. The first-order chi connectivity index (χ1) is 14.0.